The molecule has 0 amide bonds. The Balaban J connectivity index is 2.30. The summed E-state index contributed by atoms with van der Waals surface area (Å²) in [7, 11) is 1.57. The molecule has 1 atom stereocenters. The zero-order valence-electron chi connectivity index (χ0n) is 13.8. The molecule has 0 fully saturated rings. The highest BCUT2D eigenvalue weighted by molar-refractivity contribution is 6.32. The van der Waals surface area contributed by atoms with Crippen molar-refractivity contribution in [1.29, 1.82) is 0 Å². The first kappa shape index (κ1) is 16.5. The van der Waals surface area contributed by atoms with Crippen LogP contribution in [0, 0.1) is 6.92 Å². The smallest absolute Gasteiger partial charge is 0.287 e. The molecule has 120 valence electrons. The first-order chi connectivity index (χ1) is 10.1. The van der Waals surface area contributed by atoms with Crippen LogP contribution >= 0.6 is 11.6 Å². The van der Waals surface area contributed by atoms with Gasteiger partial charge in [-0.3, -0.25) is 9.48 Å². The predicted molar refractivity (Wildman–Crippen MR) is 88.5 cm³/mol. The van der Waals surface area contributed by atoms with Gasteiger partial charge in [0, 0.05) is 18.8 Å². The molecular formula is C15H22ClN5O. The van der Waals surface area contributed by atoms with E-state index in [4.69, 9.17) is 11.6 Å². The number of aryl methyl sites for hydroxylation is 2. The number of aromatic nitrogens is 4. The van der Waals surface area contributed by atoms with Crippen molar-refractivity contribution in [2.24, 2.45) is 7.05 Å². The quantitative estimate of drug-likeness (QED) is 0.943. The van der Waals surface area contributed by atoms with Crippen LogP contribution in [-0.2, 0) is 12.6 Å². The Bertz CT molecular complexity index is 741. The molecule has 0 aliphatic carbocycles. The van der Waals surface area contributed by atoms with Gasteiger partial charge in [-0.15, -0.1) is 0 Å². The summed E-state index contributed by atoms with van der Waals surface area (Å²) in [5.74, 6) is 0. The average Bonchev–Trinajstić information content (AvgIpc) is 2.81. The van der Waals surface area contributed by atoms with E-state index in [1.165, 1.54) is 4.68 Å². The highest BCUT2D eigenvalue weighted by Gasteiger charge is 2.20. The largest absolute Gasteiger partial charge is 0.376 e. The molecule has 0 aromatic carbocycles. The zero-order valence-corrected chi connectivity index (χ0v) is 14.6. The third-order valence-electron chi connectivity index (χ3n) is 3.54. The molecule has 0 aliphatic heterocycles. The van der Waals surface area contributed by atoms with Crippen molar-refractivity contribution in [3.8, 4) is 0 Å². The molecule has 6 nitrogen and oxygen atoms in total. The molecular weight excluding hydrogens is 302 g/mol. The van der Waals surface area contributed by atoms with Gasteiger partial charge in [0.25, 0.3) is 5.56 Å². The SMILES string of the molecule is Cc1nn(C(C)(C)C)cc1C(C)Nc1cnn(C)c(=O)c1Cl. The molecule has 1 N–H and O–H groups in total. The second kappa shape index (κ2) is 5.76. The van der Waals surface area contributed by atoms with Gasteiger partial charge in [0.15, 0.2) is 0 Å². The van der Waals surface area contributed by atoms with Crippen LogP contribution in [0.25, 0.3) is 0 Å². The fourth-order valence-corrected chi connectivity index (χ4v) is 2.39. The maximum Gasteiger partial charge on any atom is 0.287 e. The standard InChI is InChI=1S/C15H22ClN5O/c1-9(11-8-21(15(3,4)5)19-10(11)2)18-12-7-17-20(6)14(22)13(12)16/h7-9,18H,1-6H3. The minimum Gasteiger partial charge on any atom is -0.376 e. The topological polar surface area (TPSA) is 64.7 Å². The lowest BCUT2D eigenvalue weighted by atomic mass is 10.1. The van der Waals surface area contributed by atoms with Crippen molar-refractivity contribution in [3.63, 3.8) is 0 Å². The van der Waals surface area contributed by atoms with Gasteiger partial charge in [0.2, 0.25) is 0 Å². The molecule has 22 heavy (non-hydrogen) atoms. The van der Waals surface area contributed by atoms with Crippen LogP contribution in [0.2, 0.25) is 5.02 Å². The number of nitrogens with one attached hydrogen (secondary N) is 1. The van der Waals surface area contributed by atoms with Gasteiger partial charge in [-0.2, -0.15) is 10.2 Å². The maximum atomic E-state index is 11.8. The first-order valence-electron chi connectivity index (χ1n) is 7.16. The molecule has 0 saturated carbocycles. The van der Waals surface area contributed by atoms with Gasteiger partial charge in [0.1, 0.15) is 5.02 Å². The highest BCUT2D eigenvalue weighted by atomic mass is 35.5. The van der Waals surface area contributed by atoms with Crippen LogP contribution in [0.5, 0.6) is 0 Å². The lowest BCUT2D eigenvalue weighted by Gasteiger charge is -2.19. The molecule has 0 bridgehead atoms. The van der Waals surface area contributed by atoms with Crippen LogP contribution in [0.15, 0.2) is 17.2 Å². The summed E-state index contributed by atoms with van der Waals surface area (Å²) in [6.07, 6.45) is 3.58. The summed E-state index contributed by atoms with van der Waals surface area (Å²) in [4.78, 5) is 11.8. The van der Waals surface area contributed by atoms with E-state index in [9.17, 15) is 4.79 Å². The third-order valence-corrected chi connectivity index (χ3v) is 3.91. The molecule has 2 aromatic heterocycles. The number of nitrogens with zero attached hydrogens (tertiary/aromatic N) is 4. The predicted octanol–water partition coefficient (Wildman–Crippen LogP) is 2.87. The normalized spacial score (nSPS) is 13.2. The van der Waals surface area contributed by atoms with Crippen molar-refractivity contribution in [2.75, 3.05) is 5.32 Å². The molecule has 0 radical (unpaired) electrons. The van der Waals surface area contributed by atoms with Crippen LogP contribution in [0.3, 0.4) is 0 Å². The molecule has 2 heterocycles. The Hall–Kier alpha value is -1.82. The second-order valence-corrected chi connectivity index (χ2v) is 6.83. The molecule has 0 aliphatic rings. The van der Waals surface area contributed by atoms with Crippen molar-refractivity contribution in [2.45, 2.75) is 46.2 Å². The Morgan fingerprint density at radius 1 is 1.36 bits per heavy atom. The third kappa shape index (κ3) is 3.16. The highest BCUT2D eigenvalue weighted by Crippen LogP contribution is 2.26. The molecule has 0 saturated heterocycles. The van der Waals surface area contributed by atoms with Gasteiger partial charge in [-0.05, 0) is 34.6 Å². The van der Waals surface area contributed by atoms with Crippen molar-refractivity contribution < 1.29 is 0 Å². The number of hydrogen-bond acceptors (Lipinski definition) is 4. The Morgan fingerprint density at radius 3 is 2.55 bits per heavy atom. The summed E-state index contributed by atoms with van der Waals surface area (Å²) in [5.41, 5.74) is 2.14. The van der Waals surface area contributed by atoms with E-state index in [0.29, 0.717) is 5.69 Å². The van der Waals surface area contributed by atoms with E-state index < -0.39 is 0 Å². The second-order valence-electron chi connectivity index (χ2n) is 6.45. The minimum absolute atomic E-state index is 0.0393. The molecule has 2 rings (SSSR count). The molecule has 2 aromatic rings. The first-order valence-corrected chi connectivity index (χ1v) is 7.54. The van der Waals surface area contributed by atoms with E-state index in [-0.39, 0.29) is 22.2 Å². The number of hydrogen-bond donors (Lipinski definition) is 1. The lowest BCUT2D eigenvalue weighted by Crippen LogP contribution is -2.22. The van der Waals surface area contributed by atoms with Gasteiger partial charge in [0.05, 0.1) is 29.2 Å². The monoisotopic (exact) mass is 323 g/mol. The fraction of sp³-hybridized carbons (Fsp3) is 0.533. The Kier molecular flexibility index (Phi) is 4.33. The maximum absolute atomic E-state index is 11.8. The summed E-state index contributed by atoms with van der Waals surface area (Å²) < 4.78 is 3.15. The van der Waals surface area contributed by atoms with E-state index >= 15 is 0 Å². The van der Waals surface area contributed by atoms with Crippen LogP contribution in [0.1, 0.15) is 45.0 Å². The van der Waals surface area contributed by atoms with E-state index in [0.717, 1.165) is 11.3 Å². The van der Waals surface area contributed by atoms with Gasteiger partial charge in [-0.25, -0.2) is 4.68 Å². The van der Waals surface area contributed by atoms with Crippen molar-refractivity contribution in [3.05, 3.63) is 39.0 Å². The number of anilines is 1. The number of halogens is 1. The minimum atomic E-state index is -0.319. The van der Waals surface area contributed by atoms with Gasteiger partial charge < -0.3 is 5.32 Å². The average molecular weight is 324 g/mol. The van der Waals surface area contributed by atoms with Crippen LogP contribution < -0.4 is 10.9 Å². The van der Waals surface area contributed by atoms with E-state index in [2.05, 4.69) is 36.3 Å². The molecule has 0 spiro atoms. The summed E-state index contributed by atoms with van der Waals surface area (Å²) in [6.45, 7) is 10.3. The Labute approximate surface area is 135 Å². The molecule has 1 unspecified atom stereocenters. The summed E-state index contributed by atoms with van der Waals surface area (Å²) in [5, 5.41) is 11.9. The van der Waals surface area contributed by atoms with Gasteiger partial charge in [-0.1, -0.05) is 11.6 Å². The Morgan fingerprint density at radius 2 is 2.00 bits per heavy atom. The van der Waals surface area contributed by atoms with E-state index in [1.54, 1.807) is 13.2 Å². The van der Waals surface area contributed by atoms with Crippen LogP contribution in [0.4, 0.5) is 5.69 Å². The summed E-state index contributed by atoms with van der Waals surface area (Å²) in [6, 6.07) is -0.0393. The number of rotatable bonds is 3. The van der Waals surface area contributed by atoms with Crippen LogP contribution in [-0.4, -0.2) is 19.6 Å². The van der Waals surface area contributed by atoms with Crippen molar-refractivity contribution in [1.82, 2.24) is 19.6 Å². The van der Waals surface area contributed by atoms with E-state index in [1.807, 2.05) is 24.7 Å². The lowest BCUT2D eigenvalue weighted by molar-refractivity contribution is 0.354. The zero-order chi connectivity index (χ0) is 16.7. The van der Waals surface area contributed by atoms with Crippen molar-refractivity contribution >= 4 is 17.3 Å². The summed E-state index contributed by atoms with van der Waals surface area (Å²) >= 11 is 6.09. The van der Waals surface area contributed by atoms with Gasteiger partial charge >= 0.3 is 0 Å². The fourth-order valence-electron chi connectivity index (χ4n) is 2.16. The molecule has 7 heteroatoms.